The van der Waals surface area contributed by atoms with Gasteiger partial charge in [-0.05, 0) is 30.9 Å². The molecule has 0 unspecified atom stereocenters. The molecule has 2 atom stereocenters. The maximum atomic E-state index is 11.3. The van der Waals surface area contributed by atoms with E-state index in [2.05, 4.69) is 10.4 Å². The first-order valence-corrected chi connectivity index (χ1v) is 8.05. The highest BCUT2D eigenvalue weighted by Gasteiger charge is 2.24. The molecular formula is C13H20N4OS. The van der Waals surface area contributed by atoms with Gasteiger partial charge in [0.2, 0.25) is 0 Å². The third kappa shape index (κ3) is 2.79. The number of hydrogen-bond acceptors (Lipinski definition) is 4. The summed E-state index contributed by atoms with van der Waals surface area (Å²) in [6.07, 6.45) is 4.92. The third-order valence-corrected chi connectivity index (χ3v) is 5.22. The van der Waals surface area contributed by atoms with Crippen molar-refractivity contribution in [3.63, 3.8) is 0 Å². The number of nitrogens with one attached hydrogen (secondary N) is 1. The van der Waals surface area contributed by atoms with Gasteiger partial charge in [0.25, 0.3) is 5.91 Å². The van der Waals surface area contributed by atoms with Gasteiger partial charge >= 0.3 is 0 Å². The van der Waals surface area contributed by atoms with Crippen LogP contribution in [-0.2, 0) is 13.0 Å². The molecule has 3 N–H and O–H groups in total. The number of amides is 1. The number of aromatic nitrogens is 2. The van der Waals surface area contributed by atoms with Crippen molar-refractivity contribution in [3.05, 3.63) is 17.5 Å². The van der Waals surface area contributed by atoms with Gasteiger partial charge in [0.1, 0.15) is 0 Å². The van der Waals surface area contributed by atoms with E-state index in [0.717, 1.165) is 31.6 Å². The molecule has 3 heterocycles. The summed E-state index contributed by atoms with van der Waals surface area (Å²) in [6, 6.07) is 0.685. The first-order valence-electron chi connectivity index (χ1n) is 6.89. The molecule has 19 heavy (non-hydrogen) atoms. The predicted octanol–water partition coefficient (Wildman–Crippen LogP) is 0.639. The second kappa shape index (κ2) is 5.54. The highest BCUT2D eigenvalue weighted by atomic mass is 32.2. The van der Waals surface area contributed by atoms with Crippen molar-refractivity contribution in [2.45, 2.75) is 31.8 Å². The SMILES string of the molecule is NC(=O)c1cnn2c1CC[C@@H](CN[C@@H]1CCSC1)C2. The standard InChI is InChI=1S/C13H20N4OS/c14-13(18)11-6-16-17-7-9(1-2-12(11)17)5-15-10-3-4-19-8-10/h6,9-10,15H,1-5,7-8H2,(H2,14,18)/t9-,10+/m0/s1. The van der Waals surface area contributed by atoms with Crippen LogP contribution in [-0.4, -0.2) is 39.8 Å². The Morgan fingerprint density at radius 1 is 1.58 bits per heavy atom. The van der Waals surface area contributed by atoms with Crippen LogP contribution in [0.5, 0.6) is 0 Å². The molecular weight excluding hydrogens is 260 g/mol. The molecule has 0 radical (unpaired) electrons. The van der Waals surface area contributed by atoms with Gasteiger partial charge in [-0.25, -0.2) is 0 Å². The Labute approximate surface area is 117 Å². The molecule has 6 heteroatoms. The van der Waals surface area contributed by atoms with Crippen molar-refractivity contribution in [2.24, 2.45) is 11.7 Å². The van der Waals surface area contributed by atoms with Crippen molar-refractivity contribution in [2.75, 3.05) is 18.1 Å². The average molecular weight is 280 g/mol. The minimum atomic E-state index is -0.360. The lowest BCUT2D eigenvalue weighted by atomic mass is 9.96. The summed E-state index contributed by atoms with van der Waals surface area (Å²) >= 11 is 2.03. The maximum Gasteiger partial charge on any atom is 0.252 e. The van der Waals surface area contributed by atoms with Crippen LogP contribution >= 0.6 is 11.8 Å². The van der Waals surface area contributed by atoms with E-state index in [4.69, 9.17) is 5.73 Å². The lowest BCUT2D eigenvalue weighted by molar-refractivity contribution is 0.0998. The van der Waals surface area contributed by atoms with Crippen molar-refractivity contribution in [1.29, 1.82) is 0 Å². The molecule has 5 nitrogen and oxygen atoms in total. The van der Waals surface area contributed by atoms with E-state index >= 15 is 0 Å². The van der Waals surface area contributed by atoms with Crippen molar-refractivity contribution >= 4 is 17.7 Å². The summed E-state index contributed by atoms with van der Waals surface area (Å²) in [6.45, 7) is 1.95. The van der Waals surface area contributed by atoms with Crippen LogP contribution in [0.15, 0.2) is 6.20 Å². The molecule has 104 valence electrons. The molecule has 1 fully saturated rings. The van der Waals surface area contributed by atoms with Crippen molar-refractivity contribution in [3.8, 4) is 0 Å². The Kier molecular flexibility index (Phi) is 3.79. The third-order valence-electron chi connectivity index (χ3n) is 4.06. The summed E-state index contributed by atoms with van der Waals surface area (Å²) in [7, 11) is 0. The minimum Gasteiger partial charge on any atom is -0.365 e. The molecule has 1 aromatic heterocycles. The Morgan fingerprint density at radius 2 is 2.47 bits per heavy atom. The van der Waals surface area contributed by atoms with Crippen LogP contribution in [0, 0.1) is 5.92 Å². The predicted molar refractivity (Wildman–Crippen MR) is 76.3 cm³/mol. The molecule has 1 aromatic rings. The van der Waals surface area contributed by atoms with Crippen molar-refractivity contribution < 1.29 is 4.79 Å². The zero-order chi connectivity index (χ0) is 13.2. The van der Waals surface area contributed by atoms with Gasteiger partial charge in [0.05, 0.1) is 17.5 Å². The normalized spacial score (nSPS) is 26.3. The Morgan fingerprint density at radius 3 is 3.21 bits per heavy atom. The van der Waals surface area contributed by atoms with E-state index < -0.39 is 0 Å². The lowest BCUT2D eigenvalue weighted by Gasteiger charge is -2.25. The molecule has 1 amide bonds. The number of nitrogens with two attached hydrogens (primary N) is 1. The molecule has 0 bridgehead atoms. The zero-order valence-electron chi connectivity index (χ0n) is 11.0. The summed E-state index contributed by atoms with van der Waals surface area (Å²) < 4.78 is 1.96. The van der Waals surface area contributed by atoms with Gasteiger partial charge < -0.3 is 11.1 Å². The molecule has 0 spiro atoms. The number of thioether (sulfide) groups is 1. The van der Waals surface area contributed by atoms with E-state index in [1.807, 2.05) is 16.4 Å². The van der Waals surface area contributed by atoms with Crippen LogP contribution in [0.3, 0.4) is 0 Å². The summed E-state index contributed by atoms with van der Waals surface area (Å²) in [4.78, 5) is 11.3. The quantitative estimate of drug-likeness (QED) is 0.849. The molecule has 0 aliphatic carbocycles. The number of hydrogen-bond donors (Lipinski definition) is 2. The molecule has 3 rings (SSSR count). The summed E-state index contributed by atoms with van der Waals surface area (Å²) in [5, 5.41) is 7.95. The van der Waals surface area contributed by atoms with Crippen LogP contribution in [0.1, 0.15) is 28.9 Å². The highest BCUT2D eigenvalue weighted by Crippen LogP contribution is 2.23. The number of fused-ring (bicyclic) bond motifs is 1. The Bertz CT molecular complexity index is 467. The zero-order valence-corrected chi connectivity index (χ0v) is 11.8. The van der Waals surface area contributed by atoms with Gasteiger partial charge in [-0.1, -0.05) is 0 Å². The number of carbonyl (C=O) groups excluding carboxylic acids is 1. The van der Waals surface area contributed by atoms with Crippen LogP contribution < -0.4 is 11.1 Å². The number of rotatable bonds is 4. The van der Waals surface area contributed by atoms with Gasteiger partial charge in [-0.15, -0.1) is 0 Å². The van der Waals surface area contributed by atoms with E-state index in [9.17, 15) is 4.79 Å². The van der Waals surface area contributed by atoms with Crippen molar-refractivity contribution in [1.82, 2.24) is 15.1 Å². The van der Waals surface area contributed by atoms with Gasteiger partial charge in [0, 0.05) is 24.9 Å². The second-order valence-electron chi connectivity index (χ2n) is 5.42. The minimum absolute atomic E-state index is 0.360. The van der Waals surface area contributed by atoms with Gasteiger partial charge in [-0.2, -0.15) is 16.9 Å². The molecule has 0 aromatic carbocycles. The van der Waals surface area contributed by atoms with E-state index in [1.165, 1.54) is 17.9 Å². The number of carbonyl (C=O) groups is 1. The maximum absolute atomic E-state index is 11.3. The summed E-state index contributed by atoms with van der Waals surface area (Å²) in [5.74, 6) is 2.78. The average Bonchev–Trinajstić information content (AvgIpc) is 3.05. The molecule has 0 saturated carbocycles. The van der Waals surface area contributed by atoms with Crippen LogP contribution in [0.25, 0.3) is 0 Å². The number of nitrogens with zero attached hydrogens (tertiary/aromatic N) is 2. The topological polar surface area (TPSA) is 72.9 Å². The van der Waals surface area contributed by atoms with E-state index in [0.29, 0.717) is 17.5 Å². The van der Waals surface area contributed by atoms with E-state index in [1.54, 1.807) is 6.20 Å². The fourth-order valence-electron chi connectivity index (χ4n) is 2.91. The summed E-state index contributed by atoms with van der Waals surface area (Å²) in [5.41, 5.74) is 6.96. The first-order chi connectivity index (χ1) is 9.24. The fourth-order valence-corrected chi connectivity index (χ4v) is 4.10. The Hall–Kier alpha value is -1.01. The van der Waals surface area contributed by atoms with Gasteiger partial charge in [0.15, 0.2) is 0 Å². The number of primary amides is 1. The van der Waals surface area contributed by atoms with E-state index in [-0.39, 0.29) is 5.91 Å². The molecule has 2 aliphatic heterocycles. The first kappa shape index (κ1) is 13.0. The fraction of sp³-hybridized carbons (Fsp3) is 0.692. The lowest BCUT2D eigenvalue weighted by Crippen LogP contribution is -2.36. The smallest absolute Gasteiger partial charge is 0.252 e. The van der Waals surface area contributed by atoms with Gasteiger partial charge in [-0.3, -0.25) is 9.48 Å². The largest absolute Gasteiger partial charge is 0.365 e. The molecule has 2 aliphatic rings. The monoisotopic (exact) mass is 280 g/mol. The van der Waals surface area contributed by atoms with Crippen LogP contribution in [0.4, 0.5) is 0 Å². The Balaban J connectivity index is 1.58. The molecule has 1 saturated heterocycles. The van der Waals surface area contributed by atoms with Crippen LogP contribution in [0.2, 0.25) is 0 Å². The second-order valence-corrected chi connectivity index (χ2v) is 6.57. The highest BCUT2D eigenvalue weighted by molar-refractivity contribution is 7.99.